The number of hydrogen-bond acceptors (Lipinski definition) is 5. The average Bonchev–Trinajstić information content (AvgIpc) is 3.26. The normalized spacial score (nSPS) is 24.4. The van der Waals surface area contributed by atoms with Crippen LogP contribution in [-0.4, -0.2) is 56.1 Å². The summed E-state index contributed by atoms with van der Waals surface area (Å²) in [6.07, 6.45) is 2.11. The van der Waals surface area contributed by atoms with Gasteiger partial charge in [0.2, 0.25) is 5.91 Å². The van der Waals surface area contributed by atoms with Gasteiger partial charge < -0.3 is 14.4 Å². The minimum atomic E-state index is 0.0668. The van der Waals surface area contributed by atoms with Crippen molar-refractivity contribution in [1.82, 2.24) is 9.80 Å². The quantitative estimate of drug-likeness (QED) is 0.715. The molecule has 1 saturated heterocycles. The minimum absolute atomic E-state index is 0.0668. The van der Waals surface area contributed by atoms with Crippen LogP contribution in [0.2, 0.25) is 0 Å². The first-order valence-electron chi connectivity index (χ1n) is 10.8. The van der Waals surface area contributed by atoms with Crippen molar-refractivity contribution >= 4 is 17.2 Å². The third-order valence-electron chi connectivity index (χ3n) is 6.35. The highest BCUT2D eigenvalue weighted by molar-refractivity contribution is 7.10. The van der Waals surface area contributed by atoms with Crippen molar-refractivity contribution in [1.29, 1.82) is 0 Å². The van der Waals surface area contributed by atoms with Gasteiger partial charge in [-0.2, -0.15) is 0 Å². The van der Waals surface area contributed by atoms with E-state index in [9.17, 15) is 4.79 Å². The van der Waals surface area contributed by atoms with Crippen LogP contribution in [0.5, 0.6) is 11.5 Å². The maximum absolute atomic E-state index is 13.3. The molecule has 6 heteroatoms. The van der Waals surface area contributed by atoms with Crippen LogP contribution >= 0.6 is 11.3 Å². The van der Waals surface area contributed by atoms with Crippen molar-refractivity contribution in [2.75, 3.05) is 40.4 Å². The van der Waals surface area contributed by atoms with Gasteiger partial charge in [-0.05, 0) is 59.4 Å². The third kappa shape index (κ3) is 4.21. The number of piperidine rings is 1. The van der Waals surface area contributed by atoms with Gasteiger partial charge in [-0.25, -0.2) is 0 Å². The smallest absolute Gasteiger partial charge is 0.236 e. The second-order valence-corrected chi connectivity index (χ2v) is 9.77. The fraction of sp³-hybridized carbons (Fsp3) is 0.542. The van der Waals surface area contributed by atoms with E-state index in [1.165, 1.54) is 22.4 Å². The lowest BCUT2D eigenvalue weighted by atomic mass is 9.90. The molecule has 0 aliphatic carbocycles. The number of benzene rings is 1. The molecule has 0 saturated carbocycles. The maximum atomic E-state index is 13.3. The van der Waals surface area contributed by atoms with Gasteiger partial charge in [0.25, 0.3) is 0 Å². The van der Waals surface area contributed by atoms with Crippen LogP contribution in [0.25, 0.3) is 0 Å². The fourth-order valence-corrected chi connectivity index (χ4v) is 5.96. The van der Waals surface area contributed by atoms with Crippen molar-refractivity contribution in [2.45, 2.75) is 32.7 Å². The van der Waals surface area contributed by atoms with E-state index >= 15 is 0 Å². The Morgan fingerprint density at radius 2 is 1.83 bits per heavy atom. The number of fused-ring (bicyclic) bond motifs is 1. The molecule has 162 valence electrons. The Labute approximate surface area is 183 Å². The number of carbonyl (C=O) groups is 1. The summed E-state index contributed by atoms with van der Waals surface area (Å²) in [5, 5.41) is 2.11. The van der Waals surface area contributed by atoms with E-state index < -0.39 is 0 Å². The molecule has 0 radical (unpaired) electrons. The number of likely N-dealkylation sites (tertiary alicyclic amines) is 1. The number of methoxy groups -OCH3 is 2. The Morgan fingerprint density at radius 1 is 1.13 bits per heavy atom. The van der Waals surface area contributed by atoms with Gasteiger partial charge in [-0.15, -0.1) is 11.3 Å². The molecule has 1 amide bonds. The summed E-state index contributed by atoms with van der Waals surface area (Å²) < 4.78 is 11.1. The summed E-state index contributed by atoms with van der Waals surface area (Å²) in [6, 6.07) is 8.52. The van der Waals surface area contributed by atoms with Gasteiger partial charge in [0.15, 0.2) is 11.5 Å². The highest BCUT2D eigenvalue weighted by atomic mass is 32.1. The zero-order valence-corrected chi connectivity index (χ0v) is 19.2. The predicted molar refractivity (Wildman–Crippen MR) is 121 cm³/mol. The molecule has 0 N–H and O–H groups in total. The Kier molecular flexibility index (Phi) is 6.34. The highest BCUT2D eigenvalue weighted by Crippen LogP contribution is 2.42. The van der Waals surface area contributed by atoms with Gasteiger partial charge in [-0.1, -0.05) is 19.9 Å². The molecule has 3 heterocycles. The van der Waals surface area contributed by atoms with E-state index in [4.69, 9.17) is 9.47 Å². The van der Waals surface area contributed by atoms with Crippen molar-refractivity contribution in [3.05, 3.63) is 45.6 Å². The largest absolute Gasteiger partial charge is 0.493 e. The molecule has 2 aromatic rings. The van der Waals surface area contributed by atoms with Crippen LogP contribution in [-0.2, 0) is 11.2 Å². The second-order valence-electron chi connectivity index (χ2n) is 8.79. The van der Waals surface area contributed by atoms with E-state index in [0.717, 1.165) is 37.6 Å². The number of ether oxygens (including phenoxy) is 2. The van der Waals surface area contributed by atoms with Crippen LogP contribution in [0.3, 0.4) is 0 Å². The summed E-state index contributed by atoms with van der Waals surface area (Å²) >= 11 is 1.75. The molecule has 1 fully saturated rings. The summed E-state index contributed by atoms with van der Waals surface area (Å²) in [5.41, 5.74) is 2.49. The maximum Gasteiger partial charge on any atom is 0.236 e. The molecule has 1 aromatic heterocycles. The number of rotatable bonds is 5. The van der Waals surface area contributed by atoms with Crippen LogP contribution in [0.4, 0.5) is 0 Å². The lowest BCUT2D eigenvalue weighted by molar-refractivity contribution is -0.135. The van der Waals surface area contributed by atoms with Gasteiger partial charge in [0.05, 0.1) is 26.8 Å². The van der Waals surface area contributed by atoms with Gasteiger partial charge >= 0.3 is 0 Å². The Morgan fingerprint density at radius 3 is 2.47 bits per heavy atom. The molecule has 4 rings (SSSR count). The predicted octanol–water partition coefficient (Wildman–Crippen LogP) is 4.22. The molecule has 3 unspecified atom stereocenters. The fourth-order valence-electron chi connectivity index (χ4n) is 5.09. The summed E-state index contributed by atoms with van der Waals surface area (Å²) in [7, 11) is 3.35. The molecule has 2 aliphatic heterocycles. The molecule has 1 aromatic carbocycles. The summed E-state index contributed by atoms with van der Waals surface area (Å²) in [6.45, 7) is 7.57. The highest BCUT2D eigenvalue weighted by Gasteiger charge is 2.34. The molecule has 5 nitrogen and oxygen atoms in total. The van der Waals surface area contributed by atoms with Gasteiger partial charge in [0, 0.05) is 24.5 Å². The van der Waals surface area contributed by atoms with Crippen molar-refractivity contribution in [3.63, 3.8) is 0 Å². The summed E-state index contributed by atoms with van der Waals surface area (Å²) in [4.78, 5) is 18.9. The zero-order valence-electron chi connectivity index (χ0n) is 18.4. The van der Waals surface area contributed by atoms with Crippen LogP contribution in [0.1, 0.15) is 42.3 Å². The first-order chi connectivity index (χ1) is 14.5. The molecule has 30 heavy (non-hydrogen) atoms. The van der Waals surface area contributed by atoms with Crippen LogP contribution in [0.15, 0.2) is 29.6 Å². The van der Waals surface area contributed by atoms with Crippen LogP contribution < -0.4 is 9.47 Å². The molecule has 3 atom stereocenters. The molecule has 0 bridgehead atoms. The lowest BCUT2D eigenvalue weighted by Crippen LogP contribution is -2.48. The van der Waals surface area contributed by atoms with E-state index in [1.807, 2.05) is 0 Å². The van der Waals surface area contributed by atoms with Crippen molar-refractivity contribution < 1.29 is 14.3 Å². The SMILES string of the molecule is COc1cc2c(cc1OC)C(c1cccs1)N(CC(=O)N1CC(C)CC(C)C1)CC2. The Bertz CT molecular complexity index is 873. The first-order valence-corrected chi connectivity index (χ1v) is 11.7. The van der Waals surface area contributed by atoms with Gasteiger partial charge in [0.1, 0.15) is 0 Å². The van der Waals surface area contributed by atoms with E-state index in [-0.39, 0.29) is 11.9 Å². The Balaban J connectivity index is 1.63. The number of nitrogens with zero attached hydrogens (tertiary/aromatic N) is 2. The molecular weight excluding hydrogens is 396 g/mol. The molecule has 2 aliphatic rings. The van der Waals surface area contributed by atoms with E-state index in [2.05, 4.69) is 53.3 Å². The number of hydrogen-bond donors (Lipinski definition) is 0. The number of thiophene rings is 1. The molecular formula is C24H32N2O3S. The topological polar surface area (TPSA) is 42.0 Å². The first kappa shape index (κ1) is 21.2. The van der Waals surface area contributed by atoms with E-state index in [0.29, 0.717) is 18.4 Å². The standard InChI is InChI=1S/C24H32N2O3S/c1-16-10-17(2)14-26(13-16)23(27)15-25-8-7-18-11-20(28-3)21(29-4)12-19(18)24(25)22-6-5-9-30-22/h5-6,9,11-12,16-17,24H,7-8,10,13-15H2,1-4H3. The van der Waals surface area contributed by atoms with Crippen molar-refractivity contribution in [3.8, 4) is 11.5 Å². The monoisotopic (exact) mass is 428 g/mol. The lowest BCUT2D eigenvalue weighted by Gasteiger charge is -2.40. The Hall–Kier alpha value is -2.05. The minimum Gasteiger partial charge on any atom is -0.493 e. The number of carbonyl (C=O) groups excluding carboxylic acids is 1. The zero-order chi connectivity index (χ0) is 21.3. The third-order valence-corrected chi connectivity index (χ3v) is 7.27. The second kappa shape index (κ2) is 8.98. The average molecular weight is 429 g/mol. The number of amides is 1. The molecule has 0 spiro atoms. The van der Waals surface area contributed by atoms with E-state index in [1.54, 1.807) is 25.6 Å². The van der Waals surface area contributed by atoms with Gasteiger partial charge in [-0.3, -0.25) is 9.69 Å². The van der Waals surface area contributed by atoms with Crippen molar-refractivity contribution in [2.24, 2.45) is 11.8 Å². The van der Waals surface area contributed by atoms with Crippen LogP contribution in [0, 0.1) is 11.8 Å². The summed E-state index contributed by atoms with van der Waals surface area (Å²) in [5.74, 6) is 2.90.